The third kappa shape index (κ3) is 7.37. The molecule has 6 rings (SSSR count). The summed E-state index contributed by atoms with van der Waals surface area (Å²) < 4.78 is 30.6. The largest absolute Gasteiger partial charge is 0.454 e. The maximum absolute atomic E-state index is 12.5. The van der Waals surface area contributed by atoms with Crippen LogP contribution in [0.15, 0.2) is 23.3 Å². The molecule has 6 aliphatic rings. The topological polar surface area (TPSA) is 205 Å². The minimum atomic E-state index is -1.53. The van der Waals surface area contributed by atoms with Gasteiger partial charge >= 0.3 is 5.97 Å². The molecular weight excluding hydrogens is 724 g/mol. The van der Waals surface area contributed by atoms with Crippen LogP contribution in [0.2, 0.25) is 0 Å². The first-order valence-corrected chi connectivity index (χ1v) is 20.9. The number of rotatable bonds is 10. The fourth-order valence-corrected chi connectivity index (χ4v) is 12.7. The first-order chi connectivity index (χ1) is 26.1. The molecule has 2 aliphatic heterocycles. The van der Waals surface area contributed by atoms with Crippen molar-refractivity contribution in [3.63, 3.8) is 0 Å². The average Bonchev–Trinajstić information content (AvgIpc) is 3.34. The molecule has 0 amide bonds. The Hall–Kier alpha value is -1.49. The molecule has 7 N–H and O–H groups in total. The Kier molecular flexibility index (Phi) is 12.7. The van der Waals surface area contributed by atoms with Crippen LogP contribution in [0, 0.1) is 45.3 Å². The van der Waals surface area contributed by atoms with Crippen LogP contribution in [0.25, 0.3) is 0 Å². The lowest BCUT2D eigenvalue weighted by atomic mass is 9.38. The van der Waals surface area contributed by atoms with E-state index in [1.165, 1.54) is 12.5 Å². The van der Waals surface area contributed by atoms with Crippen LogP contribution in [0.1, 0.15) is 107 Å². The molecule has 19 unspecified atom stereocenters. The second-order valence-corrected chi connectivity index (χ2v) is 19.7. The van der Waals surface area contributed by atoms with Crippen molar-refractivity contribution in [1.29, 1.82) is 0 Å². The highest BCUT2D eigenvalue weighted by Gasteiger charge is 2.72. The van der Waals surface area contributed by atoms with Gasteiger partial charge in [0.1, 0.15) is 36.6 Å². The summed E-state index contributed by atoms with van der Waals surface area (Å²) in [5, 5.41) is 75.4. The third-order valence-electron chi connectivity index (χ3n) is 15.8. The zero-order chi connectivity index (χ0) is 41.3. The molecule has 19 atom stereocenters. The second-order valence-electron chi connectivity index (χ2n) is 19.7. The molecule has 13 heteroatoms. The number of fused-ring (bicyclic) bond motifs is 5. The van der Waals surface area contributed by atoms with Gasteiger partial charge < -0.3 is 59.4 Å². The standard InChI is InChI=1S/C43H70O13/c1-21(2)11-10-12-22(3)31-28(54-39-36(53-23(4)45)34(50)33(49)29(19-44)55-39)18-43(9)37-26(46)17-25-24(41(37,7)15-16-42(31,43)8)13-14-30(40(25,5)6)56-38-35(51)32(48)27(47)20-52-38/h11,17,22,24,26-39,44,46-51H,10,12-16,18-20H2,1-9H3. The number of carbonyl (C=O) groups is 1. The van der Waals surface area contributed by atoms with Crippen molar-refractivity contribution in [3.05, 3.63) is 23.3 Å². The fourth-order valence-electron chi connectivity index (χ4n) is 12.7. The minimum absolute atomic E-state index is 0.00490. The Labute approximate surface area is 332 Å². The SMILES string of the molecule is CC(=O)OC1C(OC2CC3(C)C4C(O)C=C5C(CCC(OC6OCC(O)C(O)C6O)C5(C)C)C4(C)CCC3(C)C2C(C)CCC=C(C)C)OC(CO)C(O)C1O. The number of ether oxygens (including phenoxy) is 5. The van der Waals surface area contributed by atoms with E-state index in [9.17, 15) is 40.5 Å². The van der Waals surface area contributed by atoms with Crippen molar-refractivity contribution in [2.75, 3.05) is 13.2 Å². The molecule has 0 aromatic rings. The average molecular weight is 795 g/mol. The minimum Gasteiger partial charge on any atom is -0.454 e. The number of allylic oxidation sites excluding steroid dienone is 2. The van der Waals surface area contributed by atoms with Gasteiger partial charge in [-0.15, -0.1) is 0 Å². The number of hydrogen-bond acceptors (Lipinski definition) is 13. The molecule has 0 spiro atoms. The molecule has 5 fully saturated rings. The van der Waals surface area contributed by atoms with Gasteiger partial charge in [0.15, 0.2) is 18.7 Å². The summed E-state index contributed by atoms with van der Waals surface area (Å²) in [6, 6.07) is 0. The van der Waals surface area contributed by atoms with E-state index >= 15 is 0 Å². The van der Waals surface area contributed by atoms with E-state index in [0.29, 0.717) is 12.8 Å². The first-order valence-electron chi connectivity index (χ1n) is 20.9. The van der Waals surface area contributed by atoms with Crippen LogP contribution in [-0.4, -0.2) is 129 Å². The Morgan fingerprint density at radius 2 is 1.61 bits per heavy atom. The molecule has 4 aliphatic carbocycles. The zero-order valence-corrected chi connectivity index (χ0v) is 34.8. The summed E-state index contributed by atoms with van der Waals surface area (Å²) in [6.45, 7) is 18.2. The van der Waals surface area contributed by atoms with Gasteiger partial charge in [-0.05, 0) is 92.8 Å². The van der Waals surface area contributed by atoms with Crippen molar-refractivity contribution >= 4 is 5.97 Å². The van der Waals surface area contributed by atoms with Gasteiger partial charge in [-0.25, -0.2) is 0 Å². The smallest absolute Gasteiger partial charge is 0.303 e. The van der Waals surface area contributed by atoms with Crippen molar-refractivity contribution in [1.82, 2.24) is 0 Å². The summed E-state index contributed by atoms with van der Waals surface area (Å²) in [5.41, 5.74) is 0.808. The Morgan fingerprint density at radius 1 is 0.911 bits per heavy atom. The van der Waals surface area contributed by atoms with Crippen LogP contribution in [0.4, 0.5) is 0 Å². The van der Waals surface area contributed by atoms with E-state index in [-0.39, 0.29) is 47.2 Å². The quantitative estimate of drug-likeness (QED) is 0.126. The van der Waals surface area contributed by atoms with E-state index in [0.717, 1.165) is 37.7 Å². The number of carbonyl (C=O) groups excluding carboxylic acids is 1. The van der Waals surface area contributed by atoms with Crippen LogP contribution in [0.5, 0.6) is 0 Å². The molecule has 0 radical (unpaired) electrons. The maximum atomic E-state index is 12.5. The molecule has 13 nitrogen and oxygen atoms in total. The fraction of sp³-hybridized carbons (Fsp3) is 0.884. The van der Waals surface area contributed by atoms with Crippen molar-refractivity contribution in [2.45, 2.75) is 181 Å². The molecule has 3 saturated carbocycles. The predicted molar refractivity (Wildman–Crippen MR) is 204 cm³/mol. The Bertz CT molecular complexity index is 1480. The van der Waals surface area contributed by atoms with Gasteiger partial charge in [0, 0.05) is 18.3 Å². The van der Waals surface area contributed by atoms with E-state index in [1.807, 2.05) is 6.08 Å². The molecule has 2 saturated heterocycles. The van der Waals surface area contributed by atoms with Crippen molar-refractivity contribution < 1.29 is 64.2 Å². The number of aliphatic hydroxyl groups is 7. The summed E-state index contributed by atoms with van der Waals surface area (Å²) in [5.74, 6) is -0.484. The molecule has 2 heterocycles. The van der Waals surface area contributed by atoms with E-state index < -0.39 is 90.9 Å². The molecule has 0 aromatic carbocycles. The van der Waals surface area contributed by atoms with Crippen LogP contribution < -0.4 is 0 Å². The van der Waals surface area contributed by atoms with Gasteiger partial charge in [-0.1, -0.05) is 64.8 Å². The number of esters is 1. The highest BCUT2D eigenvalue weighted by Crippen LogP contribution is 2.75. The lowest BCUT2D eigenvalue weighted by molar-refractivity contribution is -0.317. The van der Waals surface area contributed by atoms with E-state index in [2.05, 4.69) is 61.5 Å². The summed E-state index contributed by atoms with van der Waals surface area (Å²) in [4.78, 5) is 12.2. The summed E-state index contributed by atoms with van der Waals surface area (Å²) in [7, 11) is 0. The highest BCUT2D eigenvalue weighted by molar-refractivity contribution is 5.66. The second kappa shape index (κ2) is 16.2. The molecule has 0 aromatic heterocycles. The molecule has 56 heavy (non-hydrogen) atoms. The Balaban J connectivity index is 1.34. The molecule has 320 valence electrons. The summed E-state index contributed by atoms with van der Waals surface area (Å²) in [6.07, 6.45) is -3.41. The van der Waals surface area contributed by atoms with Crippen LogP contribution in [0.3, 0.4) is 0 Å². The molecule has 0 bridgehead atoms. The predicted octanol–water partition coefficient (Wildman–Crippen LogP) is 3.13. The van der Waals surface area contributed by atoms with E-state index in [4.69, 9.17) is 23.7 Å². The monoisotopic (exact) mass is 794 g/mol. The van der Waals surface area contributed by atoms with Gasteiger partial charge in [-0.2, -0.15) is 0 Å². The highest BCUT2D eigenvalue weighted by atomic mass is 16.7. The van der Waals surface area contributed by atoms with Gasteiger partial charge in [0.05, 0.1) is 31.5 Å². The first kappa shape index (κ1) is 44.1. The normalized spacial score (nSPS) is 49.1. The zero-order valence-electron chi connectivity index (χ0n) is 34.8. The van der Waals surface area contributed by atoms with Gasteiger partial charge in [0.25, 0.3) is 0 Å². The van der Waals surface area contributed by atoms with Crippen LogP contribution in [-0.2, 0) is 28.5 Å². The van der Waals surface area contributed by atoms with Crippen LogP contribution >= 0.6 is 0 Å². The van der Waals surface area contributed by atoms with Gasteiger partial charge in [-0.3, -0.25) is 4.79 Å². The van der Waals surface area contributed by atoms with Crippen molar-refractivity contribution in [3.8, 4) is 0 Å². The number of aliphatic hydroxyl groups excluding tert-OH is 7. The maximum Gasteiger partial charge on any atom is 0.303 e. The summed E-state index contributed by atoms with van der Waals surface area (Å²) >= 11 is 0. The Morgan fingerprint density at radius 3 is 2.25 bits per heavy atom. The lowest BCUT2D eigenvalue weighted by Gasteiger charge is -2.67. The van der Waals surface area contributed by atoms with Gasteiger partial charge in [0.2, 0.25) is 0 Å². The lowest BCUT2D eigenvalue weighted by Crippen LogP contribution is -2.63. The third-order valence-corrected chi connectivity index (χ3v) is 15.8. The van der Waals surface area contributed by atoms with E-state index in [1.54, 1.807) is 0 Å². The van der Waals surface area contributed by atoms with Crippen molar-refractivity contribution in [2.24, 2.45) is 45.3 Å². The molecular formula is C43H70O13. The number of hydrogen-bond donors (Lipinski definition) is 7.